The zero-order chi connectivity index (χ0) is 16.8. The summed E-state index contributed by atoms with van der Waals surface area (Å²) in [5.41, 5.74) is 2.99. The van der Waals surface area contributed by atoms with E-state index in [1.54, 1.807) is 12.1 Å². The van der Waals surface area contributed by atoms with Gasteiger partial charge in [-0.25, -0.2) is 0 Å². The van der Waals surface area contributed by atoms with Crippen molar-refractivity contribution in [3.8, 4) is 0 Å². The Hall–Kier alpha value is -2.04. The predicted molar refractivity (Wildman–Crippen MR) is 95.9 cm³/mol. The summed E-state index contributed by atoms with van der Waals surface area (Å²) in [6.45, 7) is 0. The molecule has 1 heterocycles. The lowest BCUT2D eigenvalue weighted by Gasteiger charge is -2.37. The van der Waals surface area contributed by atoms with Crippen LogP contribution in [-0.4, -0.2) is 4.92 Å². The number of allylic oxidation sites excluding steroid dienone is 2. The van der Waals surface area contributed by atoms with Crippen LogP contribution in [0.5, 0.6) is 0 Å². The van der Waals surface area contributed by atoms with Gasteiger partial charge in [-0.3, -0.25) is 10.1 Å². The highest BCUT2D eigenvalue weighted by Crippen LogP contribution is 2.51. The van der Waals surface area contributed by atoms with E-state index >= 15 is 0 Å². The highest BCUT2D eigenvalue weighted by Gasteiger charge is 2.39. The summed E-state index contributed by atoms with van der Waals surface area (Å²) in [7, 11) is 0. The molecule has 4 nitrogen and oxygen atoms in total. The van der Waals surface area contributed by atoms with E-state index in [0.29, 0.717) is 10.0 Å². The van der Waals surface area contributed by atoms with Gasteiger partial charge in [-0.1, -0.05) is 35.4 Å². The number of halogens is 2. The molecule has 24 heavy (non-hydrogen) atoms. The molecule has 0 fully saturated rings. The van der Waals surface area contributed by atoms with Gasteiger partial charge in [0.2, 0.25) is 0 Å². The molecule has 2 aromatic carbocycles. The van der Waals surface area contributed by atoms with E-state index in [1.807, 2.05) is 18.2 Å². The van der Waals surface area contributed by atoms with Crippen LogP contribution in [-0.2, 0) is 0 Å². The van der Waals surface area contributed by atoms with Crippen molar-refractivity contribution in [2.75, 3.05) is 5.32 Å². The summed E-state index contributed by atoms with van der Waals surface area (Å²) in [6.07, 6.45) is 5.25. The molecule has 0 radical (unpaired) electrons. The first-order chi connectivity index (χ1) is 11.5. The van der Waals surface area contributed by atoms with E-state index in [4.69, 9.17) is 23.2 Å². The molecule has 0 aromatic heterocycles. The van der Waals surface area contributed by atoms with Crippen LogP contribution in [0.2, 0.25) is 10.0 Å². The van der Waals surface area contributed by atoms with Gasteiger partial charge in [-0.2, -0.15) is 0 Å². The first kappa shape index (κ1) is 15.5. The van der Waals surface area contributed by atoms with Gasteiger partial charge in [0.1, 0.15) is 0 Å². The van der Waals surface area contributed by atoms with Crippen LogP contribution in [0.25, 0.3) is 0 Å². The third-order valence-corrected chi connectivity index (χ3v) is 5.43. The number of fused-ring (bicyclic) bond motifs is 3. The Labute approximate surface area is 149 Å². The largest absolute Gasteiger partial charge is 0.378 e. The molecule has 1 aliphatic carbocycles. The molecule has 0 spiro atoms. The molecular formula is C18H14Cl2N2O2. The molecular weight excluding hydrogens is 347 g/mol. The van der Waals surface area contributed by atoms with E-state index in [-0.39, 0.29) is 28.5 Å². The number of anilines is 1. The van der Waals surface area contributed by atoms with Gasteiger partial charge in [0.15, 0.2) is 0 Å². The fraction of sp³-hybridized carbons (Fsp3) is 0.222. The van der Waals surface area contributed by atoms with Crippen LogP contribution in [0.3, 0.4) is 0 Å². The normalized spacial score (nSPS) is 24.2. The van der Waals surface area contributed by atoms with E-state index in [9.17, 15) is 10.1 Å². The van der Waals surface area contributed by atoms with Crippen molar-refractivity contribution in [1.82, 2.24) is 0 Å². The molecule has 0 saturated heterocycles. The number of hydrogen-bond acceptors (Lipinski definition) is 3. The van der Waals surface area contributed by atoms with Crippen LogP contribution >= 0.6 is 23.2 Å². The van der Waals surface area contributed by atoms with Crippen molar-refractivity contribution in [2.45, 2.75) is 18.4 Å². The topological polar surface area (TPSA) is 55.2 Å². The fourth-order valence-corrected chi connectivity index (χ4v) is 4.17. The highest BCUT2D eigenvalue weighted by molar-refractivity contribution is 6.31. The summed E-state index contributed by atoms with van der Waals surface area (Å²) >= 11 is 12.5. The number of nitrogens with zero attached hydrogens (tertiary/aromatic N) is 1. The molecule has 0 unspecified atom stereocenters. The van der Waals surface area contributed by atoms with Crippen LogP contribution in [0, 0.1) is 16.0 Å². The zero-order valence-electron chi connectivity index (χ0n) is 12.6. The van der Waals surface area contributed by atoms with Crippen LogP contribution < -0.4 is 5.32 Å². The Morgan fingerprint density at radius 1 is 1.12 bits per heavy atom. The third kappa shape index (κ3) is 2.46. The number of hydrogen-bond donors (Lipinski definition) is 1. The average Bonchev–Trinajstić information content (AvgIpc) is 3.04. The molecule has 2 aliphatic rings. The molecule has 3 atom stereocenters. The minimum Gasteiger partial charge on any atom is -0.378 e. The quantitative estimate of drug-likeness (QED) is 0.422. The van der Waals surface area contributed by atoms with Gasteiger partial charge in [0.25, 0.3) is 5.69 Å². The number of nitrogens with one attached hydrogen (secondary N) is 1. The lowest BCUT2D eigenvalue weighted by atomic mass is 9.77. The molecule has 4 rings (SSSR count). The van der Waals surface area contributed by atoms with Crippen molar-refractivity contribution in [3.63, 3.8) is 0 Å². The first-order valence-electron chi connectivity index (χ1n) is 7.71. The Morgan fingerprint density at radius 3 is 2.75 bits per heavy atom. The summed E-state index contributed by atoms with van der Waals surface area (Å²) in [5.74, 6) is 0.496. The molecule has 2 aromatic rings. The number of nitro groups is 1. The summed E-state index contributed by atoms with van der Waals surface area (Å²) < 4.78 is 0. The SMILES string of the molecule is O=[N+]([O-])c1ccc(Cl)c([C@@H]2Nc3ccc(Cl)cc3[C@@H]3C=CC[C@@H]32)c1. The molecule has 0 amide bonds. The summed E-state index contributed by atoms with van der Waals surface area (Å²) in [5, 5.41) is 15.9. The molecule has 6 heteroatoms. The van der Waals surface area contributed by atoms with Crippen molar-refractivity contribution in [1.29, 1.82) is 0 Å². The summed E-state index contributed by atoms with van der Waals surface area (Å²) in [6, 6.07) is 10.3. The third-order valence-electron chi connectivity index (χ3n) is 4.85. The lowest BCUT2D eigenvalue weighted by molar-refractivity contribution is -0.384. The Bertz CT molecular complexity index is 866. The van der Waals surface area contributed by atoms with Gasteiger partial charge in [-0.15, -0.1) is 0 Å². The maximum atomic E-state index is 11.1. The zero-order valence-corrected chi connectivity index (χ0v) is 14.1. The molecule has 122 valence electrons. The van der Waals surface area contributed by atoms with Crippen LogP contribution in [0.1, 0.15) is 29.5 Å². The van der Waals surface area contributed by atoms with Gasteiger partial charge < -0.3 is 5.32 Å². The highest BCUT2D eigenvalue weighted by atomic mass is 35.5. The average molecular weight is 361 g/mol. The standard InChI is InChI=1S/C18H14Cl2N2O2/c19-10-4-7-17-14(8-10)12-2-1-3-13(12)18(21-17)15-9-11(22(23)24)5-6-16(15)20/h1-2,4-9,12-13,18,21H,3H2/t12-,13+,18-/m1/s1. The molecule has 1 aliphatic heterocycles. The van der Waals surface area contributed by atoms with Crippen LogP contribution in [0.4, 0.5) is 11.4 Å². The molecule has 0 saturated carbocycles. The van der Waals surface area contributed by atoms with Gasteiger partial charge in [0, 0.05) is 39.3 Å². The van der Waals surface area contributed by atoms with Crippen LogP contribution in [0.15, 0.2) is 48.6 Å². The van der Waals surface area contributed by atoms with Gasteiger partial charge in [-0.05, 0) is 42.2 Å². The maximum Gasteiger partial charge on any atom is 0.269 e. The van der Waals surface area contributed by atoms with Gasteiger partial charge >= 0.3 is 0 Å². The van der Waals surface area contributed by atoms with E-state index in [2.05, 4.69) is 17.5 Å². The molecule has 1 N–H and O–H groups in total. The second-order valence-corrected chi connectivity index (χ2v) is 7.01. The Kier molecular flexibility index (Phi) is 3.74. The maximum absolute atomic E-state index is 11.1. The number of non-ortho nitro benzene ring substituents is 1. The van der Waals surface area contributed by atoms with Gasteiger partial charge in [0.05, 0.1) is 11.0 Å². The smallest absolute Gasteiger partial charge is 0.269 e. The summed E-state index contributed by atoms with van der Waals surface area (Å²) in [4.78, 5) is 10.7. The Balaban J connectivity index is 1.81. The Morgan fingerprint density at radius 2 is 1.96 bits per heavy atom. The lowest BCUT2D eigenvalue weighted by Crippen LogP contribution is -2.29. The minimum absolute atomic E-state index is 0.0561. The van der Waals surface area contributed by atoms with Crippen molar-refractivity contribution < 1.29 is 4.92 Å². The second-order valence-electron chi connectivity index (χ2n) is 6.17. The number of rotatable bonds is 2. The van der Waals surface area contributed by atoms with Crippen molar-refractivity contribution >= 4 is 34.6 Å². The number of benzene rings is 2. The van der Waals surface area contributed by atoms with E-state index < -0.39 is 0 Å². The molecule has 0 bridgehead atoms. The predicted octanol–water partition coefficient (Wildman–Crippen LogP) is 5.73. The van der Waals surface area contributed by atoms with Crippen molar-refractivity contribution in [2.24, 2.45) is 5.92 Å². The fourth-order valence-electron chi connectivity index (χ4n) is 3.76. The van der Waals surface area contributed by atoms with E-state index in [1.165, 1.54) is 11.6 Å². The van der Waals surface area contributed by atoms with Crippen molar-refractivity contribution in [3.05, 3.63) is 79.8 Å². The minimum atomic E-state index is -0.388. The second kappa shape index (κ2) is 5.80. The first-order valence-corrected chi connectivity index (χ1v) is 8.46. The monoisotopic (exact) mass is 360 g/mol. The van der Waals surface area contributed by atoms with E-state index in [0.717, 1.165) is 17.7 Å². The number of nitro benzene ring substituents is 1.